The lowest BCUT2D eigenvalue weighted by molar-refractivity contribution is 0.0169. The van der Waals surface area contributed by atoms with Crippen LogP contribution in [0.1, 0.15) is 30.9 Å². The normalized spacial score (nSPS) is 26.8. The largest absolute Gasteiger partial charge is 0.493 e. The molecule has 3 heterocycles. The van der Waals surface area contributed by atoms with Crippen LogP contribution in [0.2, 0.25) is 0 Å². The number of ether oxygens (including phenoxy) is 4. The smallest absolute Gasteiger partial charge is 0.191 e. The molecule has 3 fully saturated rings. The minimum atomic E-state index is 0. The van der Waals surface area contributed by atoms with Crippen molar-refractivity contribution in [3.05, 3.63) is 23.8 Å². The van der Waals surface area contributed by atoms with Crippen LogP contribution in [-0.2, 0) is 9.47 Å². The molecule has 0 aromatic heterocycles. The summed E-state index contributed by atoms with van der Waals surface area (Å²) in [4.78, 5) is 6.91. The highest BCUT2D eigenvalue weighted by atomic mass is 127. The van der Waals surface area contributed by atoms with Gasteiger partial charge in [-0.1, -0.05) is 6.07 Å². The van der Waals surface area contributed by atoms with Crippen LogP contribution in [0.5, 0.6) is 11.5 Å². The van der Waals surface area contributed by atoms with Crippen LogP contribution >= 0.6 is 24.0 Å². The van der Waals surface area contributed by atoms with Crippen LogP contribution in [0.4, 0.5) is 0 Å². The second-order valence-corrected chi connectivity index (χ2v) is 8.09. The predicted octanol–water partition coefficient (Wildman–Crippen LogP) is 2.18. The lowest BCUT2D eigenvalue weighted by Crippen LogP contribution is -2.50. The summed E-state index contributed by atoms with van der Waals surface area (Å²) in [6.07, 6.45) is 4.12. The zero-order valence-corrected chi connectivity index (χ0v) is 21.0. The van der Waals surface area contributed by atoms with Gasteiger partial charge in [-0.2, -0.15) is 0 Å². The third-order valence-electron chi connectivity index (χ3n) is 6.39. The van der Waals surface area contributed by atoms with Gasteiger partial charge in [-0.3, -0.25) is 9.89 Å². The Morgan fingerprint density at radius 1 is 1.19 bits per heavy atom. The maximum absolute atomic E-state index is 5.97. The fourth-order valence-electron chi connectivity index (χ4n) is 4.76. The minimum absolute atomic E-state index is 0. The Labute approximate surface area is 202 Å². The molecule has 8 nitrogen and oxygen atoms in total. The van der Waals surface area contributed by atoms with Crippen molar-refractivity contribution in [3.8, 4) is 11.5 Å². The van der Waals surface area contributed by atoms with E-state index in [0.29, 0.717) is 18.2 Å². The fraction of sp³-hybridized carbons (Fsp3) is 0.682. The van der Waals surface area contributed by atoms with Crippen LogP contribution in [0.15, 0.2) is 23.2 Å². The van der Waals surface area contributed by atoms with Gasteiger partial charge in [-0.25, -0.2) is 0 Å². The molecule has 2 N–H and O–H groups in total. The lowest BCUT2D eigenvalue weighted by Gasteiger charge is -2.35. The molecule has 4 unspecified atom stereocenters. The first-order valence-electron chi connectivity index (χ1n) is 10.9. The average Bonchev–Trinajstić information content (AvgIpc) is 3.42. The number of hydrogen-bond donors (Lipinski definition) is 2. The topological polar surface area (TPSA) is 76.6 Å². The van der Waals surface area contributed by atoms with Crippen molar-refractivity contribution in [2.75, 3.05) is 54.1 Å². The number of hydrogen-bond acceptors (Lipinski definition) is 6. The number of guanidine groups is 1. The number of methoxy groups -OCH3 is 2. The van der Waals surface area contributed by atoms with Crippen molar-refractivity contribution in [3.63, 3.8) is 0 Å². The SMILES string of the molecule is CN=C(NCC(c1ccc(OC)c(OC)c1)N1CCOCC1)NC1CC2CCC1O2.I. The molecule has 9 heteroatoms. The molecule has 31 heavy (non-hydrogen) atoms. The monoisotopic (exact) mass is 546 g/mol. The zero-order valence-electron chi connectivity index (χ0n) is 18.6. The van der Waals surface area contributed by atoms with Crippen LogP contribution < -0.4 is 20.1 Å². The Morgan fingerprint density at radius 3 is 2.58 bits per heavy atom. The van der Waals surface area contributed by atoms with Crippen molar-refractivity contribution >= 4 is 29.9 Å². The second kappa shape index (κ2) is 11.5. The minimum Gasteiger partial charge on any atom is -0.493 e. The van der Waals surface area contributed by atoms with Crippen molar-refractivity contribution in [1.29, 1.82) is 0 Å². The Morgan fingerprint density at radius 2 is 1.97 bits per heavy atom. The Balaban J connectivity index is 0.00000272. The van der Waals surface area contributed by atoms with E-state index in [-0.39, 0.29) is 30.0 Å². The number of nitrogens with zero attached hydrogens (tertiary/aromatic N) is 2. The molecule has 3 saturated heterocycles. The molecule has 0 aliphatic carbocycles. The van der Waals surface area contributed by atoms with Gasteiger partial charge < -0.3 is 29.6 Å². The molecule has 0 saturated carbocycles. The number of aliphatic imine (C=N–C) groups is 1. The first-order valence-corrected chi connectivity index (χ1v) is 10.9. The molecule has 1 aromatic rings. The number of benzene rings is 1. The third-order valence-corrected chi connectivity index (χ3v) is 6.39. The van der Waals surface area contributed by atoms with E-state index in [4.69, 9.17) is 18.9 Å². The van der Waals surface area contributed by atoms with Gasteiger partial charge in [0.25, 0.3) is 0 Å². The Kier molecular flexibility index (Phi) is 9.06. The van der Waals surface area contributed by atoms with Crippen molar-refractivity contribution in [2.24, 2.45) is 4.99 Å². The van der Waals surface area contributed by atoms with Crippen molar-refractivity contribution in [2.45, 2.75) is 43.6 Å². The van der Waals surface area contributed by atoms with Gasteiger partial charge in [0.15, 0.2) is 17.5 Å². The van der Waals surface area contributed by atoms with E-state index in [9.17, 15) is 0 Å². The maximum atomic E-state index is 5.97. The summed E-state index contributed by atoms with van der Waals surface area (Å²) in [5.41, 5.74) is 1.18. The van der Waals surface area contributed by atoms with Gasteiger partial charge in [0.2, 0.25) is 0 Å². The van der Waals surface area contributed by atoms with Crippen LogP contribution in [0.3, 0.4) is 0 Å². The summed E-state index contributed by atoms with van der Waals surface area (Å²) >= 11 is 0. The molecule has 4 atom stereocenters. The number of morpholine rings is 1. The summed E-state index contributed by atoms with van der Waals surface area (Å²) in [6.45, 7) is 4.02. The first kappa shape index (κ1) is 24.3. The van der Waals surface area contributed by atoms with Gasteiger partial charge >= 0.3 is 0 Å². The highest BCUT2D eigenvalue weighted by Gasteiger charge is 2.41. The van der Waals surface area contributed by atoms with E-state index < -0.39 is 0 Å². The van der Waals surface area contributed by atoms with E-state index in [1.807, 2.05) is 13.1 Å². The third kappa shape index (κ3) is 5.74. The summed E-state index contributed by atoms with van der Waals surface area (Å²) in [7, 11) is 5.16. The van der Waals surface area contributed by atoms with Crippen LogP contribution in [0.25, 0.3) is 0 Å². The van der Waals surface area contributed by atoms with E-state index in [0.717, 1.165) is 63.1 Å². The molecule has 4 rings (SSSR count). The highest BCUT2D eigenvalue weighted by molar-refractivity contribution is 14.0. The molecule has 3 aliphatic rings. The number of nitrogens with one attached hydrogen (secondary N) is 2. The Bertz CT molecular complexity index is 744. The zero-order chi connectivity index (χ0) is 20.9. The summed E-state index contributed by atoms with van der Waals surface area (Å²) < 4.78 is 22.5. The molecule has 3 aliphatic heterocycles. The quantitative estimate of drug-likeness (QED) is 0.309. The number of fused-ring (bicyclic) bond motifs is 2. The van der Waals surface area contributed by atoms with Gasteiger partial charge in [0.1, 0.15) is 0 Å². The van der Waals surface area contributed by atoms with Gasteiger partial charge in [0.05, 0.1) is 51.7 Å². The molecular formula is C22H35IN4O4. The molecule has 1 aromatic carbocycles. The summed E-state index contributed by atoms with van der Waals surface area (Å²) in [6, 6.07) is 6.67. The van der Waals surface area contributed by atoms with Crippen molar-refractivity contribution < 1.29 is 18.9 Å². The van der Waals surface area contributed by atoms with E-state index in [1.54, 1.807) is 14.2 Å². The second-order valence-electron chi connectivity index (χ2n) is 8.09. The number of halogens is 1. The van der Waals surface area contributed by atoms with Crippen LogP contribution in [0, 0.1) is 0 Å². The molecule has 0 radical (unpaired) electrons. The number of rotatable bonds is 7. The maximum Gasteiger partial charge on any atom is 0.191 e. The lowest BCUT2D eigenvalue weighted by atomic mass is 9.96. The first-order chi connectivity index (χ1) is 14.7. The van der Waals surface area contributed by atoms with Crippen molar-refractivity contribution in [1.82, 2.24) is 15.5 Å². The molecule has 174 valence electrons. The van der Waals surface area contributed by atoms with Gasteiger partial charge in [0, 0.05) is 26.7 Å². The molecule has 2 bridgehead atoms. The van der Waals surface area contributed by atoms with E-state index in [1.165, 1.54) is 12.0 Å². The summed E-state index contributed by atoms with van der Waals surface area (Å²) in [5.74, 6) is 2.31. The summed E-state index contributed by atoms with van der Waals surface area (Å²) in [5, 5.41) is 7.12. The van der Waals surface area contributed by atoms with E-state index in [2.05, 4.69) is 32.7 Å². The average molecular weight is 546 g/mol. The molecule has 0 amide bonds. The van der Waals surface area contributed by atoms with Gasteiger partial charge in [-0.15, -0.1) is 24.0 Å². The molecule has 0 spiro atoms. The molecular weight excluding hydrogens is 511 g/mol. The highest BCUT2D eigenvalue weighted by Crippen LogP contribution is 2.34. The predicted molar refractivity (Wildman–Crippen MR) is 131 cm³/mol. The fourth-order valence-corrected chi connectivity index (χ4v) is 4.76. The standard InChI is InChI=1S/C22H34N4O4.HI/c1-23-22(25-17-13-16-5-7-19(17)30-16)24-14-18(26-8-10-29-11-9-26)15-4-6-20(27-2)21(12-15)28-3;/h4,6,12,16-19H,5,7-11,13-14H2,1-3H3,(H2,23,24,25);1H. The Hall–Kier alpha value is -1.30. The van der Waals surface area contributed by atoms with E-state index >= 15 is 0 Å². The van der Waals surface area contributed by atoms with Crippen LogP contribution in [-0.4, -0.2) is 83.2 Å². The van der Waals surface area contributed by atoms with Gasteiger partial charge in [-0.05, 0) is 37.0 Å².